The molecule has 0 radical (unpaired) electrons. The third-order valence-corrected chi connectivity index (χ3v) is 2.79. The van der Waals surface area contributed by atoms with Crippen LogP contribution in [-0.4, -0.2) is 25.8 Å². The van der Waals surface area contributed by atoms with Crippen molar-refractivity contribution in [2.75, 3.05) is 19.8 Å². The lowest BCUT2D eigenvalue weighted by molar-refractivity contribution is 0.122. The highest BCUT2D eigenvalue weighted by atomic mass is 16.5. The van der Waals surface area contributed by atoms with Crippen molar-refractivity contribution in [3.8, 4) is 0 Å². The van der Waals surface area contributed by atoms with E-state index in [1.807, 2.05) is 0 Å². The predicted octanol–water partition coefficient (Wildman–Crippen LogP) is 3.61. The van der Waals surface area contributed by atoms with Gasteiger partial charge in [-0.15, -0.1) is 0 Å². The molecule has 0 aromatic carbocycles. The average Bonchev–Trinajstić information content (AvgIpc) is 2.23. The predicted molar refractivity (Wildman–Crippen MR) is 71.9 cm³/mol. The lowest BCUT2D eigenvalue weighted by atomic mass is 10.1. The molecule has 0 saturated heterocycles. The molecule has 0 amide bonds. The van der Waals surface area contributed by atoms with E-state index in [4.69, 9.17) is 4.74 Å². The Morgan fingerprint density at radius 3 is 2.06 bits per heavy atom. The smallest absolute Gasteiger partial charge is 0.0591 e. The molecule has 0 aromatic heterocycles. The second kappa shape index (κ2) is 11.4. The Kier molecular flexibility index (Phi) is 11.3. The third kappa shape index (κ3) is 10.4. The van der Waals surface area contributed by atoms with Crippen LogP contribution in [0.2, 0.25) is 0 Å². The van der Waals surface area contributed by atoms with E-state index in [0.717, 1.165) is 25.7 Å². The Hall–Kier alpha value is -0.0800. The maximum Gasteiger partial charge on any atom is 0.0591 e. The molecule has 0 aliphatic heterocycles. The van der Waals surface area contributed by atoms with Gasteiger partial charge in [0.15, 0.2) is 0 Å². The van der Waals surface area contributed by atoms with Crippen molar-refractivity contribution in [2.45, 2.75) is 65.8 Å². The molecule has 0 spiro atoms. The van der Waals surface area contributed by atoms with Crippen LogP contribution in [0.4, 0.5) is 0 Å². The lowest BCUT2D eigenvalue weighted by Crippen LogP contribution is -2.31. The maximum atomic E-state index is 5.59. The maximum absolute atomic E-state index is 5.59. The van der Waals surface area contributed by atoms with Crippen molar-refractivity contribution in [1.29, 1.82) is 0 Å². The summed E-state index contributed by atoms with van der Waals surface area (Å²) < 4.78 is 5.59. The largest absolute Gasteiger partial charge is 0.380 e. The van der Waals surface area contributed by atoms with Crippen molar-refractivity contribution in [3.05, 3.63) is 0 Å². The molecule has 0 atom stereocenters. The van der Waals surface area contributed by atoms with Crippen molar-refractivity contribution >= 4 is 0 Å². The van der Waals surface area contributed by atoms with Gasteiger partial charge in [-0.3, -0.25) is 0 Å². The molecule has 0 rings (SSSR count). The Labute approximate surface area is 102 Å². The first-order valence-electron chi connectivity index (χ1n) is 7.01. The highest BCUT2D eigenvalue weighted by Crippen LogP contribution is 2.04. The SMILES string of the molecule is CCCC(CCC)NCCOCCC(C)C. The van der Waals surface area contributed by atoms with Crippen molar-refractivity contribution in [1.82, 2.24) is 5.32 Å². The zero-order chi connectivity index (χ0) is 12.2. The van der Waals surface area contributed by atoms with Gasteiger partial charge in [-0.2, -0.15) is 0 Å². The molecular formula is C14H31NO. The third-order valence-electron chi connectivity index (χ3n) is 2.79. The lowest BCUT2D eigenvalue weighted by Gasteiger charge is -2.17. The second-order valence-electron chi connectivity index (χ2n) is 5.02. The monoisotopic (exact) mass is 229 g/mol. The van der Waals surface area contributed by atoms with Crippen LogP contribution in [0, 0.1) is 5.92 Å². The normalized spacial score (nSPS) is 11.6. The van der Waals surface area contributed by atoms with E-state index in [0.29, 0.717) is 6.04 Å². The summed E-state index contributed by atoms with van der Waals surface area (Å²) in [5.41, 5.74) is 0. The van der Waals surface area contributed by atoms with Gasteiger partial charge in [-0.1, -0.05) is 40.5 Å². The van der Waals surface area contributed by atoms with Gasteiger partial charge in [-0.05, 0) is 25.2 Å². The molecule has 16 heavy (non-hydrogen) atoms. The molecule has 0 saturated carbocycles. The van der Waals surface area contributed by atoms with Gasteiger partial charge in [0.05, 0.1) is 6.61 Å². The van der Waals surface area contributed by atoms with Crippen LogP contribution in [-0.2, 0) is 4.74 Å². The van der Waals surface area contributed by atoms with Crippen LogP contribution in [0.5, 0.6) is 0 Å². The van der Waals surface area contributed by atoms with Gasteiger partial charge < -0.3 is 10.1 Å². The number of hydrogen-bond acceptors (Lipinski definition) is 2. The zero-order valence-corrected chi connectivity index (χ0v) is 11.7. The van der Waals surface area contributed by atoms with Crippen LogP contribution < -0.4 is 5.32 Å². The fourth-order valence-corrected chi connectivity index (χ4v) is 1.80. The summed E-state index contributed by atoms with van der Waals surface area (Å²) in [6, 6.07) is 0.698. The van der Waals surface area contributed by atoms with Gasteiger partial charge in [0.25, 0.3) is 0 Å². The Morgan fingerprint density at radius 2 is 1.56 bits per heavy atom. The molecule has 0 aromatic rings. The molecule has 0 bridgehead atoms. The van der Waals surface area contributed by atoms with Gasteiger partial charge in [0.1, 0.15) is 0 Å². The fourth-order valence-electron chi connectivity index (χ4n) is 1.80. The molecule has 98 valence electrons. The first-order chi connectivity index (χ1) is 7.70. The molecule has 2 nitrogen and oxygen atoms in total. The number of nitrogens with one attached hydrogen (secondary N) is 1. The Morgan fingerprint density at radius 1 is 0.938 bits per heavy atom. The Bertz CT molecular complexity index is 131. The molecule has 1 N–H and O–H groups in total. The van der Waals surface area contributed by atoms with Crippen LogP contribution in [0.3, 0.4) is 0 Å². The fraction of sp³-hybridized carbons (Fsp3) is 1.00. The van der Waals surface area contributed by atoms with E-state index in [9.17, 15) is 0 Å². The van der Waals surface area contributed by atoms with Crippen LogP contribution in [0.15, 0.2) is 0 Å². The second-order valence-corrected chi connectivity index (χ2v) is 5.02. The summed E-state index contributed by atoms with van der Waals surface area (Å²) in [7, 11) is 0. The summed E-state index contributed by atoms with van der Waals surface area (Å²) in [6.07, 6.45) is 6.30. The first-order valence-corrected chi connectivity index (χ1v) is 7.01. The number of hydrogen-bond donors (Lipinski definition) is 1. The minimum Gasteiger partial charge on any atom is -0.380 e. The van der Waals surface area contributed by atoms with Gasteiger partial charge >= 0.3 is 0 Å². The van der Waals surface area contributed by atoms with Crippen molar-refractivity contribution in [2.24, 2.45) is 5.92 Å². The van der Waals surface area contributed by atoms with Crippen LogP contribution in [0.1, 0.15) is 59.8 Å². The van der Waals surface area contributed by atoms with E-state index in [1.54, 1.807) is 0 Å². The highest BCUT2D eigenvalue weighted by molar-refractivity contribution is 4.65. The number of rotatable bonds is 11. The first kappa shape index (κ1) is 15.9. The summed E-state index contributed by atoms with van der Waals surface area (Å²) in [6.45, 7) is 11.7. The summed E-state index contributed by atoms with van der Waals surface area (Å²) in [5, 5.41) is 3.58. The average molecular weight is 229 g/mol. The van der Waals surface area contributed by atoms with E-state index in [-0.39, 0.29) is 0 Å². The Balaban J connectivity index is 3.32. The molecular weight excluding hydrogens is 198 g/mol. The van der Waals surface area contributed by atoms with Gasteiger partial charge in [-0.25, -0.2) is 0 Å². The summed E-state index contributed by atoms with van der Waals surface area (Å²) in [5.74, 6) is 0.751. The molecule has 0 heterocycles. The van der Waals surface area contributed by atoms with Crippen LogP contribution in [0.25, 0.3) is 0 Å². The zero-order valence-electron chi connectivity index (χ0n) is 11.7. The highest BCUT2D eigenvalue weighted by Gasteiger charge is 2.04. The molecule has 0 fully saturated rings. The number of ether oxygens (including phenoxy) is 1. The van der Waals surface area contributed by atoms with E-state index in [2.05, 4.69) is 33.0 Å². The topological polar surface area (TPSA) is 21.3 Å². The summed E-state index contributed by atoms with van der Waals surface area (Å²) in [4.78, 5) is 0. The van der Waals surface area contributed by atoms with Gasteiger partial charge in [0.2, 0.25) is 0 Å². The quantitative estimate of drug-likeness (QED) is 0.547. The van der Waals surface area contributed by atoms with E-state index < -0.39 is 0 Å². The van der Waals surface area contributed by atoms with E-state index in [1.165, 1.54) is 32.1 Å². The minimum absolute atomic E-state index is 0.698. The van der Waals surface area contributed by atoms with E-state index >= 15 is 0 Å². The minimum atomic E-state index is 0.698. The van der Waals surface area contributed by atoms with Crippen molar-refractivity contribution < 1.29 is 4.74 Å². The van der Waals surface area contributed by atoms with Crippen LogP contribution >= 0.6 is 0 Å². The summed E-state index contributed by atoms with van der Waals surface area (Å²) >= 11 is 0. The molecule has 2 heteroatoms. The molecule has 0 aliphatic rings. The molecule has 0 aliphatic carbocycles. The van der Waals surface area contributed by atoms with Gasteiger partial charge in [0, 0.05) is 19.2 Å². The standard InChI is InChI=1S/C14H31NO/c1-5-7-14(8-6-2)15-10-12-16-11-9-13(3)4/h13-15H,5-12H2,1-4H3. The molecule has 0 unspecified atom stereocenters. The van der Waals surface area contributed by atoms with Crippen molar-refractivity contribution in [3.63, 3.8) is 0 Å².